The molecule has 122 valence electrons. The van der Waals surface area contributed by atoms with Gasteiger partial charge in [0.05, 0.1) is 11.4 Å². The Bertz CT molecular complexity index is 911. The van der Waals surface area contributed by atoms with Gasteiger partial charge in [-0.3, -0.25) is 0 Å². The van der Waals surface area contributed by atoms with Gasteiger partial charge in [-0.05, 0) is 13.8 Å². The molecule has 0 aliphatic rings. The molecule has 1 aromatic carbocycles. The Balaban J connectivity index is 1.79. The minimum atomic E-state index is -3.16. The Kier molecular flexibility index (Phi) is 4.47. The van der Waals surface area contributed by atoms with Crippen LogP contribution in [0.5, 0.6) is 0 Å². The van der Waals surface area contributed by atoms with E-state index in [4.69, 9.17) is 0 Å². The van der Waals surface area contributed by atoms with Crippen LogP contribution in [0.3, 0.4) is 0 Å². The number of hydrogen-bond acceptors (Lipinski definition) is 5. The molecule has 0 aliphatic heterocycles. The van der Waals surface area contributed by atoms with Crippen molar-refractivity contribution in [2.24, 2.45) is 0 Å². The second-order valence-electron chi connectivity index (χ2n) is 5.27. The summed E-state index contributed by atoms with van der Waals surface area (Å²) in [6.45, 7) is 4.02. The lowest BCUT2D eigenvalue weighted by Gasteiger charge is -2.03. The molecule has 0 unspecified atom stereocenters. The molecule has 0 atom stereocenters. The number of nitrogens with zero attached hydrogens (tertiary/aromatic N) is 3. The number of thiazole rings is 1. The molecule has 0 spiro atoms. The summed E-state index contributed by atoms with van der Waals surface area (Å²) in [5.41, 5.74) is 3.12. The van der Waals surface area contributed by atoms with E-state index in [9.17, 15) is 8.42 Å². The van der Waals surface area contributed by atoms with Crippen molar-refractivity contribution < 1.29 is 8.42 Å². The molecule has 0 radical (unpaired) electrons. The average Bonchev–Trinajstić information content (AvgIpc) is 3.10. The quantitative estimate of drug-likeness (QED) is 0.740. The summed E-state index contributed by atoms with van der Waals surface area (Å²) in [6, 6.07) is 8.07. The van der Waals surface area contributed by atoms with E-state index in [1.165, 1.54) is 16.9 Å². The normalized spacial score (nSPS) is 12.1. The molecule has 2 aromatic heterocycles. The number of fused-ring (bicyclic) bond motifs is 1. The first-order valence-electron chi connectivity index (χ1n) is 7.36. The van der Waals surface area contributed by atoms with Crippen LogP contribution in [0.15, 0.2) is 29.6 Å². The van der Waals surface area contributed by atoms with Crippen molar-refractivity contribution >= 4 is 26.3 Å². The molecule has 0 aliphatic carbocycles. The Morgan fingerprint density at radius 3 is 2.70 bits per heavy atom. The molecule has 0 fully saturated rings. The zero-order chi connectivity index (χ0) is 16.4. The van der Waals surface area contributed by atoms with Gasteiger partial charge < -0.3 is 0 Å². The Morgan fingerprint density at radius 2 is 2.00 bits per heavy atom. The molecule has 6 nitrogen and oxygen atoms in total. The number of sulfonamides is 1. The highest BCUT2D eigenvalue weighted by atomic mass is 32.2. The van der Waals surface area contributed by atoms with Gasteiger partial charge >= 0.3 is 0 Å². The number of hydrogen-bond donors (Lipinski definition) is 1. The minimum Gasteiger partial charge on any atom is -0.215 e. The highest BCUT2D eigenvalue weighted by Crippen LogP contribution is 2.21. The predicted octanol–water partition coefficient (Wildman–Crippen LogP) is 2.25. The number of aromatic nitrogens is 3. The van der Waals surface area contributed by atoms with E-state index in [2.05, 4.69) is 14.8 Å². The molecular formula is C15H18N4O2S2. The van der Waals surface area contributed by atoms with E-state index < -0.39 is 10.0 Å². The van der Waals surface area contributed by atoms with Gasteiger partial charge in [-0.1, -0.05) is 29.8 Å². The summed E-state index contributed by atoms with van der Waals surface area (Å²) >= 11 is 1.51. The molecule has 0 amide bonds. The monoisotopic (exact) mass is 350 g/mol. The third-order valence-corrected chi connectivity index (χ3v) is 5.81. The number of aryl methyl sites for hydroxylation is 1. The van der Waals surface area contributed by atoms with Crippen LogP contribution in [-0.4, -0.2) is 35.3 Å². The second kappa shape index (κ2) is 6.38. The molecule has 1 N–H and O–H groups in total. The molecule has 3 aromatic rings. The molecule has 0 bridgehead atoms. The molecule has 23 heavy (non-hydrogen) atoms. The lowest BCUT2D eigenvalue weighted by atomic mass is 10.1. The largest absolute Gasteiger partial charge is 0.215 e. The topological polar surface area (TPSA) is 76.4 Å². The number of benzene rings is 1. The van der Waals surface area contributed by atoms with E-state index in [0.717, 1.165) is 16.2 Å². The van der Waals surface area contributed by atoms with E-state index in [0.29, 0.717) is 18.8 Å². The standard InChI is InChI=1S/C15H18N4O2S2/c1-3-23(20,21)16-9-8-13-10-22-15-17-14(18-19(13)15)12-6-4-11(2)5-7-12/h4-7,10,16H,3,8-9H2,1-2H3. The predicted molar refractivity (Wildman–Crippen MR) is 92.2 cm³/mol. The zero-order valence-corrected chi connectivity index (χ0v) is 14.6. The van der Waals surface area contributed by atoms with Crippen LogP contribution in [0.25, 0.3) is 16.3 Å². The summed E-state index contributed by atoms with van der Waals surface area (Å²) in [5, 5.41) is 6.51. The van der Waals surface area contributed by atoms with Gasteiger partial charge in [-0.2, -0.15) is 4.98 Å². The average molecular weight is 350 g/mol. The molecule has 0 saturated carbocycles. The lowest BCUT2D eigenvalue weighted by molar-refractivity contribution is 0.582. The van der Waals surface area contributed by atoms with Crippen molar-refractivity contribution in [2.45, 2.75) is 20.3 Å². The fourth-order valence-electron chi connectivity index (χ4n) is 2.16. The maximum absolute atomic E-state index is 11.5. The minimum absolute atomic E-state index is 0.0902. The van der Waals surface area contributed by atoms with E-state index in [-0.39, 0.29) is 5.75 Å². The molecule has 2 heterocycles. The van der Waals surface area contributed by atoms with Crippen molar-refractivity contribution in [1.29, 1.82) is 0 Å². The Hall–Kier alpha value is -1.77. The van der Waals surface area contributed by atoms with Gasteiger partial charge in [0, 0.05) is 23.9 Å². The van der Waals surface area contributed by atoms with Gasteiger partial charge in [-0.15, -0.1) is 16.4 Å². The van der Waals surface area contributed by atoms with Crippen LogP contribution in [-0.2, 0) is 16.4 Å². The molecule has 0 saturated heterocycles. The maximum Gasteiger partial charge on any atom is 0.212 e. The highest BCUT2D eigenvalue weighted by molar-refractivity contribution is 7.89. The lowest BCUT2D eigenvalue weighted by Crippen LogP contribution is -2.27. The van der Waals surface area contributed by atoms with Gasteiger partial charge in [0.25, 0.3) is 0 Å². The van der Waals surface area contributed by atoms with E-state index >= 15 is 0 Å². The van der Waals surface area contributed by atoms with Crippen LogP contribution in [0.4, 0.5) is 0 Å². The molecule has 3 rings (SSSR count). The van der Waals surface area contributed by atoms with Gasteiger partial charge in [0.15, 0.2) is 5.82 Å². The van der Waals surface area contributed by atoms with E-state index in [1.54, 1.807) is 11.4 Å². The van der Waals surface area contributed by atoms with Crippen LogP contribution < -0.4 is 4.72 Å². The Labute approximate surface area is 139 Å². The van der Waals surface area contributed by atoms with Crippen LogP contribution in [0, 0.1) is 6.92 Å². The van der Waals surface area contributed by atoms with E-state index in [1.807, 2.05) is 36.6 Å². The first-order valence-corrected chi connectivity index (χ1v) is 9.89. The SMILES string of the molecule is CCS(=O)(=O)NCCc1csc2nc(-c3ccc(C)cc3)nn12. The summed E-state index contributed by atoms with van der Waals surface area (Å²) in [5.74, 6) is 0.777. The fourth-order valence-corrected chi connectivity index (χ4v) is 3.63. The smallest absolute Gasteiger partial charge is 0.212 e. The Morgan fingerprint density at radius 1 is 1.26 bits per heavy atom. The number of rotatable bonds is 6. The first kappa shape index (κ1) is 16.1. The van der Waals surface area contributed by atoms with Crippen molar-refractivity contribution in [3.05, 3.63) is 40.9 Å². The third kappa shape index (κ3) is 3.60. The second-order valence-corrected chi connectivity index (χ2v) is 8.20. The van der Waals surface area contributed by atoms with Gasteiger partial charge in [-0.25, -0.2) is 17.7 Å². The van der Waals surface area contributed by atoms with Gasteiger partial charge in [0.2, 0.25) is 15.0 Å². The summed E-state index contributed by atoms with van der Waals surface area (Å²) in [6.07, 6.45) is 0.579. The van der Waals surface area contributed by atoms with Crippen LogP contribution in [0.2, 0.25) is 0 Å². The summed E-state index contributed by atoms with van der Waals surface area (Å²) in [4.78, 5) is 5.35. The summed E-state index contributed by atoms with van der Waals surface area (Å²) < 4.78 is 27.3. The third-order valence-electron chi connectivity index (χ3n) is 3.54. The molecular weight excluding hydrogens is 332 g/mol. The van der Waals surface area contributed by atoms with Crippen molar-refractivity contribution in [2.75, 3.05) is 12.3 Å². The van der Waals surface area contributed by atoms with Crippen molar-refractivity contribution in [3.8, 4) is 11.4 Å². The first-order chi connectivity index (χ1) is 11.0. The maximum atomic E-state index is 11.5. The number of nitrogens with one attached hydrogen (secondary N) is 1. The van der Waals surface area contributed by atoms with Crippen LogP contribution in [0.1, 0.15) is 18.2 Å². The molecule has 8 heteroatoms. The van der Waals surface area contributed by atoms with Crippen molar-refractivity contribution in [1.82, 2.24) is 19.3 Å². The van der Waals surface area contributed by atoms with Crippen LogP contribution >= 0.6 is 11.3 Å². The summed E-state index contributed by atoms with van der Waals surface area (Å²) in [7, 11) is -3.16. The zero-order valence-electron chi connectivity index (χ0n) is 13.0. The fraction of sp³-hybridized carbons (Fsp3) is 0.333. The highest BCUT2D eigenvalue weighted by Gasteiger charge is 2.12. The van der Waals surface area contributed by atoms with Gasteiger partial charge in [0.1, 0.15) is 0 Å². The van der Waals surface area contributed by atoms with Crippen molar-refractivity contribution in [3.63, 3.8) is 0 Å².